The van der Waals surface area contributed by atoms with Crippen LogP contribution in [-0.2, 0) is 16.0 Å². The third-order valence-corrected chi connectivity index (χ3v) is 3.92. The molecular weight excluding hydrogens is 396 g/mol. The molecule has 2 aromatic carbocycles. The van der Waals surface area contributed by atoms with E-state index in [1.54, 1.807) is 12.1 Å². The standard InChI is InChI=1S/C18H16BrF2NO3/c1-11(25-18(24)15-10-13(19)4-7-16(15)21)17(23)22-9-8-12-2-5-14(20)6-3-12/h2-7,10-11H,8-9H2,1H3,(H,22,23)/t11-/m1/s1. The first-order chi connectivity index (χ1) is 11.9. The normalized spacial score (nSPS) is 11.7. The first kappa shape index (κ1) is 19.1. The van der Waals surface area contributed by atoms with Crippen LogP contribution in [0.1, 0.15) is 22.8 Å². The third-order valence-electron chi connectivity index (χ3n) is 3.43. The molecule has 1 N–H and O–H groups in total. The lowest BCUT2D eigenvalue weighted by Gasteiger charge is -2.14. The van der Waals surface area contributed by atoms with E-state index in [4.69, 9.17) is 4.74 Å². The fraction of sp³-hybridized carbons (Fsp3) is 0.222. The summed E-state index contributed by atoms with van der Waals surface area (Å²) in [6, 6.07) is 9.81. The first-order valence-corrected chi connectivity index (χ1v) is 8.34. The van der Waals surface area contributed by atoms with Gasteiger partial charge in [-0.3, -0.25) is 4.79 Å². The summed E-state index contributed by atoms with van der Waals surface area (Å²) in [7, 11) is 0. The number of ether oxygens (including phenoxy) is 1. The average Bonchev–Trinajstić information content (AvgIpc) is 2.58. The molecule has 0 fully saturated rings. The van der Waals surface area contributed by atoms with Crippen molar-refractivity contribution < 1.29 is 23.1 Å². The Kier molecular flexibility index (Phi) is 6.64. The van der Waals surface area contributed by atoms with Gasteiger partial charge in [0.1, 0.15) is 11.6 Å². The molecule has 0 aliphatic carbocycles. The Bertz CT molecular complexity index is 765. The molecule has 2 rings (SSSR count). The summed E-state index contributed by atoms with van der Waals surface area (Å²) in [5.41, 5.74) is 0.614. The molecule has 0 aromatic heterocycles. The highest BCUT2D eigenvalue weighted by molar-refractivity contribution is 9.10. The SMILES string of the molecule is C[C@@H](OC(=O)c1cc(Br)ccc1F)C(=O)NCCc1ccc(F)cc1. The van der Waals surface area contributed by atoms with Gasteiger partial charge in [0.15, 0.2) is 6.10 Å². The zero-order chi connectivity index (χ0) is 18.4. The predicted octanol–water partition coefficient (Wildman–Crippen LogP) is 3.63. The number of hydrogen-bond donors (Lipinski definition) is 1. The van der Waals surface area contributed by atoms with Crippen LogP contribution in [0.15, 0.2) is 46.9 Å². The average molecular weight is 412 g/mol. The number of halogens is 3. The van der Waals surface area contributed by atoms with Crippen molar-refractivity contribution in [1.82, 2.24) is 5.32 Å². The van der Waals surface area contributed by atoms with Gasteiger partial charge < -0.3 is 10.1 Å². The fourth-order valence-electron chi connectivity index (χ4n) is 2.06. The molecule has 0 saturated carbocycles. The molecule has 0 heterocycles. The van der Waals surface area contributed by atoms with E-state index in [9.17, 15) is 18.4 Å². The molecule has 0 saturated heterocycles. The van der Waals surface area contributed by atoms with E-state index < -0.39 is 23.8 Å². The zero-order valence-electron chi connectivity index (χ0n) is 13.4. The molecule has 7 heteroatoms. The number of hydrogen-bond acceptors (Lipinski definition) is 3. The molecular formula is C18H16BrF2NO3. The maximum absolute atomic E-state index is 13.6. The minimum absolute atomic E-state index is 0.250. The summed E-state index contributed by atoms with van der Waals surface area (Å²) in [6.45, 7) is 1.71. The second-order valence-corrected chi connectivity index (χ2v) is 6.25. The minimum Gasteiger partial charge on any atom is -0.449 e. The minimum atomic E-state index is -1.07. The molecule has 2 aromatic rings. The van der Waals surface area contributed by atoms with Crippen LogP contribution in [0.2, 0.25) is 0 Å². The van der Waals surface area contributed by atoms with Gasteiger partial charge in [-0.05, 0) is 49.2 Å². The summed E-state index contributed by atoms with van der Waals surface area (Å²) in [6.07, 6.45) is -0.563. The van der Waals surface area contributed by atoms with Crippen molar-refractivity contribution in [1.29, 1.82) is 0 Å². The lowest BCUT2D eigenvalue weighted by Crippen LogP contribution is -2.37. The van der Waals surface area contributed by atoms with E-state index >= 15 is 0 Å². The van der Waals surface area contributed by atoms with Gasteiger partial charge in [0.25, 0.3) is 5.91 Å². The summed E-state index contributed by atoms with van der Waals surface area (Å²) in [5.74, 6) is -2.46. The molecule has 132 valence electrons. The monoisotopic (exact) mass is 411 g/mol. The van der Waals surface area contributed by atoms with Crippen LogP contribution in [0.5, 0.6) is 0 Å². The highest BCUT2D eigenvalue weighted by Gasteiger charge is 2.21. The molecule has 4 nitrogen and oxygen atoms in total. The molecule has 25 heavy (non-hydrogen) atoms. The van der Waals surface area contributed by atoms with Gasteiger partial charge in [-0.2, -0.15) is 0 Å². The Labute approximate surface area is 152 Å². The summed E-state index contributed by atoms with van der Waals surface area (Å²) in [4.78, 5) is 23.9. The van der Waals surface area contributed by atoms with Crippen LogP contribution >= 0.6 is 15.9 Å². The van der Waals surface area contributed by atoms with Crippen molar-refractivity contribution in [3.8, 4) is 0 Å². The molecule has 1 atom stereocenters. The van der Waals surface area contributed by atoms with Gasteiger partial charge in [-0.1, -0.05) is 28.1 Å². The summed E-state index contributed by atoms with van der Waals surface area (Å²) >= 11 is 3.14. The first-order valence-electron chi connectivity index (χ1n) is 7.55. The second-order valence-electron chi connectivity index (χ2n) is 5.34. The van der Waals surface area contributed by atoms with Gasteiger partial charge >= 0.3 is 5.97 Å². The van der Waals surface area contributed by atoms with Crippen molar-refractivity contribution in [2.75, 3.05) is 6.54 Å². The van der Waals surface area contributed by atoms with E-state index in [0.29, 0.717) is 17.4 Å². The number of carbonyl (C=O) groups is 2. The van der Waals surface area contributed by atoms with Gasteiger partial charge in [0.05, 0.1) is 5.56 Å². The van der Waals surface area contributed by atoms with E-state index in [1.165, 1.54) is 31.2 Å². The maximum Gasteiger partial charge on any atom is 0.341 e. The number of amides is 1. The highest BCUT2D eigenvalue weighted by Crippen LogP contribution is 2.17. The largest absolute Gasteiger partial charge is 0.449 e. The smallest absolute Gasteiger partial charge is 0.341 e. The van der Waals surface area contributed by atoms with Crippen LogP contribution in [-0.4, -0.2) is 24.5 Å². The molecule has 1 amide bonds. The summed E-state index contributed by atoms with van der Waals surface area (Å²) in [5, 5.41) is 2.62. The Balaban J connectivity index is 1.84. The molecule has 0 bridgehead atoms. The maximum atomic E-state index is 13.6. The van der Waals surface area contributed by atoms with Gasteiger partial charge in [0.2, 0.25) is 0 Å². The van der Waals surface area contributed by atoms with Crippen LogP contribution < -0.4 is 5.32 Å². The van der Waals surface area contributed by atoms with Crippen molar-refractivity contribution in [3.05, 3.63) is 69.7 Å². The topological polar surface area (TPSA) is 55.4 Å². The summed E-state index contributed by atoms with van der Waals surface area (Å²) < 4.78 is 32.0. The molecule has 0 aliphatic heterocycles. The van der Waals surface area contributed by atoms with Gasteiger partial charge in [-0.15, -0.1) is 0 Å². The van der Waals surface area contributed by atoms with Gasteiger partial charge in [0, 0.05) is 11.0 Å². The van der Waals surface area contributed by atoms with Crippen LogP contribution in [0.4, 0.5) is 8.78 Å². The Morgan fingerprint density at radius 1 is 1.16 bits per heavy atom. The van der Waals surface area contributed by atoms with Crippen molar-refractivity contribution >= 4 is 27.8 Å². The van der Waals surface area contributed by atoms with Crippen molar-refractivity contribution in [2.24, 2.45) is 0 Å². The second kappa shape index (κ2) is 8.71. The van der Waals surface area contributed by atoms with E-state index in [1.807, 2.05) is 0 Å². The number of carbonyl (C=O) groups excluding carboxylic acids is 2. The fourth-order valence-corrected chi connectivity index (χ4v) is 2.42. The molecule has 0 radical (unpaired) electrons. The third kappa shape index (κ3) is 5.63. The van der Waals surface area contributed by atoms with Crippen LogP contribution in [0.25, 0.3) is 0 Å². The number of esters is 1. The number of rotatable bonds is 6. The van der Waals surface area contributed by atoms with E-state index in [-0.39, 0.29) is 11.4 Å². The number of benzene rings is 2. The van der Waals surface area contributed by atoms with Crippen molar-refractivity contribution in [3.63, 3.8) is 0 Å². The molecule has 0 aliphatic rings. The Morgan fingerprint density at radius 2 is 1.84 bits per heavy atom. The van der Waals surface area contributed by atoms with Crippen LogP contribution in [0.3, 0.4) is 0 Å². The zero-order valence-corrected chi connectivity index (χ0v) is 15.0. The highest BCUT2D eigenvalue weighted by atomic mass is 79.9. The number of nitrogens with one attached hydrogen (secondary N) is 1. The Hall–Kier alpha value is -2.28. The Morgan fingerprint density at radius 3 is 2.52 bits per heavy atom. The van der Waals surface area contributed by atoms with Crippen LogP contribution in [0, 0.1) is 11.6 Å². The van der Waals surface area contributed by atoms with Crippen molar-refractivity contribution in [2.45, 2.75) is 19.4 Å². The lowest BCUT2D eigenvalue weighted by molar-refractivity contribution is -0.129. The van der Waals surface area contributed by atoms with E-state index in [2.05, 4.69) is 21.2 Å². The quantitative estimate of drug-likeness (QED) is 0.738. The van der Waals surface area contributed by atoms with Gasteiger partial charge in [-0.25, -0.2) is 13.6 Å². The molecule has 0 spiro atoms. The molecule has 0 unspecified atom stereocenters. The lowest BCUT2D eigenvalue weighted by atomic mass is 10.1. The predicted molar refractivity (Wildman–Crippen MR) is 92.1 cm³/mol. The van der Waals surface area contributed by atoms with E-state index in [0.717, 1.165) is 11.6 Å².